The van der Waals surface area contributed by atoms with E-state index in [1.54, 1.807) is 6.07 Å². The van der Waals surface area contributed by atoms with Crippen molar-refractivity contribution in [2.45, 2.75) is 25.9 Å². The van der Waals surface area contributed by atoms with Crippen molar-refractivity contribution in [3.8, 4) is 11.1 Å². The highest BCUT2D eigenvalue weighted by Crippen LogP contribution is 2.35. The molecule has 0 aliphatic heterocycles. The van der Waals surface area contributed by atoms with Crippen LogP contribution in [0.25, 0.3) is 21.3 Å². The first-order valence-electron chi connectivity index (χ1n) is 8.12. The highest BCUT2D eigenvalue weighted by atomic mass is 32.1. The van der Waals surface area contributed by atoms with Gasteiger partial charge in [0.2, 0.25) is 5.91 Å². The van der Waals surface area contributed by atoms with Gasteiger partial charge in [0.15, 0.2) is 5.13 Å². The molecule has 2 aromatic carbocycles. The lowest BCUT2D eigenvalue weighted by Crippen LogP contribution is -2.35. The number of benzene rings is 2. The number of aryl methyl sites for hydroxylation is 1. The van der Waals surface area contributed by atoms with Gasteiger partial charge >= 0.3 is 0 Å². The SMILES string of the molecule is Cc1cccc(F)c1-c1ccc2nc(NC(=O)[C@H]3C[C@H](F)C3)sc2c1. The molecule has 128 valence electrons. The molecule has 4 rings (SSSR count). The van der Waals surface area contributed by atoms with E-state index >= 15 is 0 Å². The second-order valence-corrected chi connectivity index (χ2v) is 7.42. The Kier molecular flexibility index (Phi) is 4.00. The van der Waals surface area contributed by atoms with Crippen LogP contribution in [0, 0.1) is 18.7 Å². The second kappa shape index (κ2) is 6.19. The summed E-state index contributed by atoms with van der Waals surface area (Å²) < 4.78 is 27.9. The average Bonchev–Trinajstić information content (AvgIpc) is 2.93. The molecule has 0 spiro atoms. The number of carbonyl (C=O) groups excluding carboxylic acids is 1. The Morgan fingerprint density at radius 3 is 2.80 bits per heavy atom. The predicted octanol–water partition coefficient (Wildman–Crippen LogP) is 5.10. The van der Waals surface area contributed by atoms with Crippen LogP contribution in [0.2, 0.25) is 0 Å². The number of hydrogen-bond acceptors (Lipinski definition) is 3. The number of nitrogens with one attached hydrogen (secondary N) is 1. The van der Waals surface area contributed by atoms with Crippen LogP contribution in [0.3, 0.4) is 0 Å². The monoisotopic (exact) mass is 358 g/mol. The summed E-state index contributed by atoms with van der Waals surface area (Å²) in [5.41, 5.74) is 2.97. The molecule has 0 unspecified atom stereocenters. The van der Waals surface area contributed by atoms with Crippen molar-refractivity contribution in [2.75, 3.05) is 5.32 Å². The molecular formula is C19H16F2N2OS. The molecular weight excluding hydrogens is 342 g/mol. The lowest BCUT2D eigenvalue weighted by Gasteiger charge is -2.27. The van der Waals surface area contributed by atoms with Crippen LogP contribution >= 0.6 is 11.3 Å². The van der Waals surface area contributed by atoms with Crippen LogP contribution in [0.5, 0.6) is 0 Å². The van der Waals surface area contributed by atoms with Gasteiger partial charge in [0, 0.05) is 11.5 Å². The third-order valence-corrected chi connectivity index (χ3v) is 5.51. The number of nitrogens with zero attached hydrogens (tertiary/aromatic N) is 1. The fraction of sp³-hybridized carbons (Fsp3) is 0.263. The maximum Gasteiger partial charge on any atom is 0.229 e. The second-order valence-electron chi connectivity index (χ2n) is 6.39. The molecule has 1 heterocycles. The Morgan fingerprint density at radius 2 is 2.08 bits per heavy atom. The fourth-order valence-electron chi connectivity index (χ4n) is 3.10. The Balaban J connectivity index is 1.62. The number of hydrogen-bond donors (Lipinski definition) is 1. The minimum absolute atomic E-state index is 0.182. The van der Waals surface area contributed by atoms with Crippen molar-refractivity contribution >= 4 is 32.6 Å². The lowest BCUT2D eigenvalue weighted by molar-refractivity contribution is -0.124. The van der Waals surface area contributed by atoms with Gasteiger partial charge < -0.3 is 5.32 Å². The van der Waals surface area contributed by atoms with Crippen molar-refractivity contribution in [3.63, 3.8) is 0 Å². The molecule has 1 aromatic heterocycles. The highest BCUT2D eigenvalue weighted by molar-refractivity contribution is 7.22. The molecule has 3 nitrogen and oxygen atoms in total. The van der Waals surface area contributed by atoms with Gasteiger partial charge in [-0.2, -0.15) is 0 Å². The van der Waals surface area contributed by atoms with Crippen LogP contribution in [0.15, 0.2) is 36.4 Å². The largest absolute Gasteiger partial charge is 0.302 e. The zero-order valence-electron chi connectivity index (χ0n) is 13.6. The summed E-state index contributed by atoms with van der Waals surface area (Å²) in [6.45, 7) is 1.87. The molecule has 25 heavy (non-hydrogen) atoms. The Bertz CT molecular complexity index is 943. The number of rotatable bonds is 3. The third kappa shape index (κ3) is 3.02. The van der Waals surface area contributed by atoms with Crippen molar-refractivity contribution < 1.29 is 13.6 Å². The summed E-state index contributed by atoms with van der Waals surface area (Å²) >= 11 is 1.34. The highest BCUT2D eigenvalue weighted by Gasteiger charge is 2.34. The van der Waals surface area contributed by atoms with E-state index in [0.717, 1.165) is 21.3 Å². The number of alkyl halides is 1. The standard InChI is InChI=1S/C19H16F2N2OS/c1-10-3-2-4-14(21)17(10)11-5-6-15-16(9-11)25-19(22-15)23-18(24)12-7-13(20)8-12/h2-6,9,12-13H,7-8H2,1H3,(H,22,23,24)/t12-,13-. The fourth-order valence-corrected chi connectivity index (χ4v) is 4.01. The summed E-state index contributed by atoms with van der Waals surface area (Å²) in [6, 6.07) is 10.5. The van der Waals surface area contributed by atoms with Crippen LogP contribution in [0.1, 0.15) is 18.4 Å². The van der Waals surface area contributed by atoms with E-state index in [1.165, 1.54) is 17.4 Å². The van der Waals surface area contributed by atoms with E-state index in [9.17, 15) is 13.6 Å². The summed E-state index contributed by atoms with van der Waals surface area (Å²) in [5, 5.41) is 3.25. The molecule has 3 aromatic rings. The first-order valence-corrected chi connectivity index (χ1v) is 8.94. The van der Waals surface area contributed by atoms with Crippen LogP contribution in [0.4, 0.5) is 13.9 Å². The van der Waals surface area contributed by atoms with E-state index in [4.69, 9.17) is 0 Å². The summed E-state index contributed by atoms with van der Waals surface area (Å²) in [5.74, 6) is -0.708. The quantitative estimate of drug-likeness (QED) is 0.708. The zero-order chi connectivity index (χ0) is 17.6. The number of amides is 1. The maximum absolute atomic E-state index is 14.2. The van der Waals surface area contributed by atoms with Gasteiger partial charge in [-0.1, -0.05) is 29.5 Å². The van der Waals surface area contributed by atoms with E-state index in [0.29, 0.717) is 10.7 Å². The summed E-state index contributed by atoms with van der Waals surface area (Å²) in [4.78, 5) is 16.4. The van der Waals surface area contributed by atoms with Crippen molar-refractivity contribution in [2.24, 2.45) is 5.92 Å². The van der Waals surface area contributed by atoms with E-state index in [2.05, 4.69) is 10.3 Å². The normalized spacial score (nSPS) is 19.6. The van der Waals surface area contributed by atoms with Crippen molar-refractivity contribution in [1.29, 1.82) is 0 Å². The molecule has 0 radical (unpaired) electrons. The van der Waals surface area contributed by atoms with Gasteiger partial charge in [-0.3, -0.25) is 4.79 Å². The molecule has 6 heteroatoms. The van der Waals surface area contributed by atoms with Crippen molar-refractivity contribution in [1.82, 2.24) is 4.98 Å². The summed E-state index contributed by atoms with van der Waals surface area (Å²) in [7, 11) is 0. The van der Waals surface area contributed by atoms with Gasteiger partial charge in [-0.15, -0.1) is 0 Å². The minimum atomic E-state index is -0.863. The number of halogens is 2. The minimum Gasteiger partial charge on any atom is -0.302 e. The number of aromatic nitrogens is 1. The molecule has 0 bridgehead atoms. The molecule has 1 amide bonds. The molecule has 1 saturated carbocycles. The third-order valence-electron chi connectivity index (χ3n) is 4.58. The van der Waals surface area contributed by atoms with Crippen LogP contribution in [-0.4, -0.2) is 17.1 Å². The smallest absolute Gasteiger partial charge is 0.229 e. The molecule has 1 fully saturated rings. The molecule has 0 atom stereocenters. The van der Waals surface area contributed by atoms with Gasteiger partial charge in [0.25, 0.3) is 0 Å². The van der Waals surface area contributed by atoms with Gasteiger partial charge in [0.05, 0.1) is 10.2 Å². The lowest BCUT2D eigenvalue weighted by atomic mass is 9.83. The van der Waals surface area contributed by atoms with Crippen molar-refractivity contribution in [3.05, 3.63) is 47.8 Å². The number of carbonyl (C=O) groups is 1. The van der Waals surface area contributed by atoms with Gasteiger partial charge in [0.1, 0.15) is 12.0 Å². The van der Waals surface area contributed by atoms with E-state index in [1.807, 2.05) is 31.2 Å². The molecule has 0 saturated heterocycles. The van der Waals surface area contributed by atoms with Crippen LogP contribution in [-0.2, 0) is 4.79 Å². The topological polar surface area (TPSA) is 42.0 Å². The molecule has 1 N–H and O–H groups in total. The average molecular weight is 358 g/mol. The Labute approximate surface area is 147 Å². The van der Waals surface area contributed by atoms with Gasteiger partial charge in [-0.25, -0.2) is 13.8 Å². The number of anilines is 1. The molecule has 1 aliphatic carbocycles. The summed E-state index contributed by atoms with van der Waals surface area (Å²) in [6.07, 6.45) is -0.293. The Hall–Kier alpha value is -2.34. The zero-order valence-corrected chi connectivity index (χ0v) is 14.4. The first-order chi connectivity index (χ1) is 12.0. The molecule has 1 aliphatic rings. The van der Waals surface area contributed by atoms with Crippen LogP contribution < -0.4 is 5.32 Å². The van der Waals surface area contributed by atoms with E-state index < -0.39 is 6.17 Å². The number of fused-ring (bicyclic) bond motifs is 1. The Morgan fingerprint density at radius 1 is 1.28 bits per heavy atom. The first kappa shape index (κ1) is 16.1. The maximum atomic E-state index is 14.2. The predicted molar refractivity (Wildman–Crippen MR) is 96.0 cm³/mol. The van der Waals surface area contributed by atoms with Gasteiger partial charge in [-0.05, 0) is 49.1 Å². The van der Waals surface area contributed by atoms with E-state index in [-0.39, 0.29) is 30.5 Å². The number of thiazole rings is 1.